The lowest BCUT2D eigenvalue weighted by molar-refractivity contribution is 0.0498. The average molecular weight is 465 g/mol. The second-order valence-electron chi connectivity index (χ2n) is 12.0. The summed E-state index contributed by atoms with van der Waals surface area (Å²) in [6.07, 6.45) is 2.59. The second kappa shape index (κ2) is 9.68. The van der Waals surface area contributed by atoms with Crippen molar-refractivity contribution in [2.45, 2.75) is 115 Å². The van der Waals surface area contributed by atoms with Gasteiger partial charge in [-0.05, 0) is 60.6 Å². The van der Waals surface area contributed by atoms with Crippen LogP contribution in [0.2, 0.25) is 36.3 Å². The Labute approximate surface area is 187 Å². The number of thioether (sulfide) groups is 2. The van der Waals surface area contributed by atoms with Crippen molar-refractivity contribution in [1.29, 1.82) is 0 Å². The minimum atomic E-state index is -1.84. The van der Waals surface area contributed by atoms with Crippen LogP contribution in [-0.4, -0.2) is 45.4 Å². The molecule has 0 aromatic rings. The van der Waals surface area contributed by atoms with E-state index in [1.807, 2.05) is 0 Å². The average Bonchev–Trinajstić information content (AvgIpc) is 2.52. The fourth-order valence-corrected chi connectivity index (χ4v) is 8.73. The number of hydrogen-bond acceptors (Lipinski definition) is 4. The summed E-state index contributed by atoms with van der Waals surface area (Å²) in [7, 11) is -3.56. The van der Waals surface area contributed by atoms with Gasteiger partial charge in [-0.1, -0.05) is 55.4 Å². The third-order valence-corrected chi connectivity index (χ3v) is 19.9. The molecule has 1 rings (SSSR count). The molecule has 1 saturated heterocycles. The van der Waals surface area contributed by atoms with Gasteiger partial charge >= 0.3 is 0 Å². The first-order valence-corrected chi connectivity index (χ1v) is 18.9. The molecule has 0 spiro atoms. The summed E-state index contributed by atoms with van der Waals surface area (Å²) in [6.45, 7) is 29.2. The van der Waals surface area contributed by atoms with Crippen LogP contribution in [0.4, 0.5) is 0 Å². The first-order valence-electron chi connectivity index (χ1n) is 11.0. The largest absolute Gasteiger partial charge is 0.417 e. The van der Waals surface area contributed by atoms with Crippen molar-refractivity contribution in [1.82, 2.24) is 0 Å². The van der Waals surface area contributed by atoms with Crippen molar-refractivity contribution >= 4 is 40.2 Å². The minimum absolute atomic E-state index is 0.141. The van der Waals surface area contributed by atoms with E-state index in [0.29, 0.717) is 4.58 Å². The van der Waals surface area contributed by atoms with Crippen LogP contribution in [0.1, 0.15) is 68.2 Å². The molecule has 6 heteroatoms. The summed E-state index contributed by atoms with van der Waals surface area (Å²) < 4.78 is 14.3. The maximum Gasteiger partial charge on any atom is 0.192 e. The number of hydrogen-bond donors (Lipinski definition) is 0. The lowest BCUT2D eigenvalue weighted by Crippen LogP contribution is -2.51. The molecule has 0 saturated carbocycles. The molecule has 168 valence electrons. The summed E-state index contributed by atoms with van der Waals surface area (Å²) >= 11 is 4.28. The van der Waals surface area contributed by atoms with Gasteiger partial charge < -0.3 is 8.85 Å². The van der Waals surface area contributed by atoms with Crippen LogP contribution in [0, 0.1) is 5.41 Å². The maximum atomic E-state index is 7.07. The molecule has 0 aromatic carbocycles. The molecular weight excluding hydrogens is 417 g/mol. The van der Waals surface area contributed by atoms with Crippen LogP contribution in [-0.2, 0) is 8.85 Å². The molecule has 1 heterocycles. The van der Waals surface area contributed by atoms with Gasteiger partial charge in [0.15, 0.2) is 16.6 Å². The number of rotatable bonds is 8. The van der Waals surface area contributed by atoms with Gasteiger partial charge in [0.2, 0.25) is 0 Å². The molecule has 1 fully saturated rings. The topological polar surface area (TPSA) is 18.5 Å². The summed E-state index contributed by atoms with van der Waals surface area (Å²) in [5, 5.41) is 0.488. The Kier molecular flexibility index (Phi) is 9.37. The zero-order valence-electron chi connectivity index (χ0n) is 20.8. The second-order valence-corrected chi connectivity index (χ2v) is 24.3. The van der Waals surface area contributed by atoms with E-state index in [-0.39, 0.29) is 21.6 Å². The van der Waals surface area contributed by atoms with E-state index in [1.165, 1.54) is 17.9 Å². The normalized spacial score (nSPS) is 19.7. The highest BCUT2D eigenvalue weighted by molar-refractivity contribution is 8.17. The molecule has 0 amide bonds. The summed E-state index contributed by atoms with van der Waals surface area (Å²) in [4.78, 5) is 0. The van der Waals surface area contributed by atoms with Crippen LogP contribution in [0.3, 0.4) is 0 Å². The Morgan fingerprint density at radius 2 is 1.29 bits per heavy atom. The Morgan fingerprint density at radius 3 is 1.71 bits per heavy atom. The Hall–Kier alpha value is 1.05. The zero-order chi connectivity index (χ0) is 22.0. The van der Waals surface area contributed by atoms with Gasteiger partial charge in [-0.3, -0.25) is 0 Å². The van der Waals surface area contributed by atoms with Crippen molar-refractivity contribution < 1.29 is 8.85 Å². The van der Waals surface area contributed by atoms with Crippen molar-refractivity contribution in [3.63, 3.8) is 0 Å². The van der Waals surface area contributed by atoms with Gasteiger partial charge in [-0.15, -0.1) is 23.5 Å². The summed E-state index contributed by atoms with van der Waals surface area (Å²) in [5.74, 6) is 2.57. The first kappa shape index (κ1) is 27.1. The smallest absolute Gasteiger partial charge is 0.192 e. The van der Waals surface area contributed by atoms with Gasteiger partial charge in [0, 0.05) is 12.0 Å². The van der Waals surface area contributed by atoms with Crippen LogP contribution in [0.5, 0.6) is 0 Å². The quantitative estimate of drug-likeness (QED) is 0.338. The predicted molar refractivity (Wildman–Crippen MR) is 137 cm³/mol. The van der Waals surface area contributed by atoms with Gasteiger partial charge in [-0.25, -0.2) is 0 Å². The van der Waals surface area contributed by atoms with Crippen molar-refractivity contribution in [3.05, 3.63) is 0 Å². The molecule has 1 atom stereocenters. The highest BCUT2D eigenvalue weighted by Crippen LogP contribution is 2.48. The third kappa shape index (κ3) is 7.05. The fraction of sp³-hybridized carbons (Fsp3) is 1.00. The van der Waals surface area contributed by atoms with Crippen molar-refractivity contribution in [2.75, 3.05) is 18.1 Å². The lowest BCUT2D eigenvalue weighted by Gasteiger charge is -2.48. The molecule has 1 aliphatic rings. The van der Waals surface area contributed by atoms with Crippen LogP contribution in [0.15, 0.2) is 0 Å². The highest BCUT2D eigenvalue weighted by atomic mass is 32.2. The first-order chi connectivity index (χ1) is 12.4. The molecule has 0 unspecified atom stereocenters. The predicted octanol–water partition coefficient (Wildman–Crippen LogP) is 8.01. The van der Waals surface area contributed by atoms with E-state index in [4.69, 9.17) is 8.85 Å². The van der Waals surface area contributed by atoms with E-state index < -0.39 is 16.6 Å². The summed E-state index contributed by atoms with van der Waals surface area (Å²) in [5.41, 5.74) is 0.141. The van der Waals surface area contributed by atoms with Gasteiger partial charge in [-0.2, -0.15) is 0 Å². The van der Waals surface area contributed by atoms with E-state index in [2.05, 4.69) is 105 Å². The maximum absolute atomic E-state index is 7.07. The van der Waals surface area contributed by atoms with Crippen molar-refractivity contribution in [2.24, 2.45) is 5.41 Å². The van der Waals surface area contributed by atoms with Crippen LogP contribution in [0.25, 0.3) is 0 Å². The molecule has 0 radical (unpaired) electrons. The van der Waals surface area contributed by atoms with E-state index >= 15 is 0 Å². The monoisotopic (exact) mass is 464 g/mol. The Balaban J connectivity index is 2.98. The third-order valence-electron chi connectivity index (χ3n) is 7.16. The van der Waals surface area contributed by atoms with Gasteiger partial charge in [0.25, 0.3) is 0 Å². The van der Waals surface area contributed by atoms with E-state index in [1.54, 1.807) is 0 Å². The molecule has 0 N–H and O–H groups in total. The fourth-order valence-electron chi connectivity index (χ4n) is 2.82. The van der Waals surface area contributed by atoms with Crippen molar-refractivity contribution in [3.8, 4) is 0 Å². The Bertz CT molecular complexity index is 488. The molecule has 0 bridgehead atoms. The van der Waals surface area contributed by atoms with Crippen LogP contribution < -0.4 is 0 Å². The minimum Gasteiger partial charge on any atom is -0.417 e. The van der Waals surface area contributed by atoms with E-state index in [0.717, 1.165) is 13.0 Å². The molecule has 0 aliphatic carbocycles. The van der Waals surface area contributed by atoms with Crippen LogP contribution >= 0.6 is 23.5 Å². The van der Waals surface area contributed by atoms with Gasteiger partial charge in [0.05, 0.1) is 10.7 Å². The molecule has 28 heavy (non-hydrogen) atoms. The Morgan fingerprint density at radius 1 is 0.821 bits per heavy atom. The van der Waals surface area contributed by atoms with E-state index in [9.17, 15) is 0 Å². The standard InChI is InChI=1S/C22H48O2S2Si2/c1-20(2,3)27(9,10)23-15-14-18(24-28(11,12)21(4,5)6)22(7,8)19-25-16-13-17-26-19/h18-19H,13-17H2,1-12H3/t18-/m0/s1. The molecule has 1 aliphatic heterocycles. The van der Waals surface area contributed by atoms with Gasteiger partial charge in [0.1, 0.15) is 0 Å². The molecule has 0 aromatic heterocycles. The zero-order valence-corrected chi connectivity index (χ0v) is 24.5. The SMILES string of the molecule is CC(C)(C1SCCCS1)[C@H](CCO[Si](C)(C)C(C)(C)C)O[Si](C)(C)C(C)(C)C. The molecule has 2 nitrogen and oxygen atoms in total. The molecular formula is C22H48O2S2Si2. The summed E-state index contributed by atoms with van der Waals surface area (Å²) in [6, 6.07) is 0. The lowest BCUT2D eigenvalue weighted by atomic mass is 9.87. The highest BCUT2D eigenvalue weighted by Gasteiger charge is 2.46.